The molecule has 0 spiro atoms. The van der Waals surface area contributed by atoms with Crippen LogP contribution in [0.1, 0.15) is 29.0 Å². The van der Waals surface area contributed by atoms with Gasteiger partial charge in [0.2, 0.25) is 5.76 Å². The van der Waals surface area contributed by atoms with E-state index in [9.17, 15) is 4.79 Å². The number of pyridine rings is 1. The Morgan fingerprint density at radius 3 is 3.10 bits per heavy atom. The van der Waals surface area contributed by atoms with Crippen molar-refractivity contribution in [3.05, 3.63) is 48.4 Å². The molecule has 3 rings (SSSR count). The van der Waals surface area contributed by atoms with Gasteiger partial charge in [-0.15, -0.1) is 0 Å². The largest absolute Gasteiger partial charge is 0.438 e. The fraction of sp³-hybridized carbons (Fsp3) is 0.400. The Bertz CT molecular complexity index is 554. The zero-order valence-corrected chi connectivity index (χ0v) is 11.2. The molecule has 5 nitrogen and oxygen atoms in total. The van der Waals surface area contributed by atoms with Gasteiger partial charge in [-0.1, -0.05) is 6.07 Å². The van der Waals surface area contributed by atoms with Crippen molar-refractivity contribution in [2.45, 2.75) is 19.3 Å². The average molecular weight is 271 g/mol. The Morgan fingerprint density at radius 2 is 2.35 bits per heavy atom. The molecule has 1 saturated heterocycles. The highest BCUT2D eigenvalue weighted by atomic mass is 16.3. The Balaban J connectivity index is 1.63. The van der Waals surface area contributed by atoms with Crippen LogP contribution < -0.4 is 0 Å². The second-order valence-electron chi connectivity index (χ2n) is 5.19. The summed E-state index contributed by atoms with van der Waals surface area (Å²) in [5, 5.41) is 0. The monoisotopic (exact) mass is 271 g/mol. The predicted molar refractivity (Wildman–Crippen MR) is 73.1 cm³/mol. The molecule has 20 heavy (non-hydrogen) atoms. The van der Waals surface area contributed by atoms with Crippen LogP contribution in [0.2, 0.25) is 0 Å². The number of likely N-dealkylation sites (tertiary alicyclic amines) is 1. The molecule has 104 valence electrons. The summed E-state index contributed by atoms with van der Waals surface area (Å²) in [6.45, 7) is 1.57. The summed E-state index contributed by atoms with van der Waals surface area (Å²) in [4.78, 5) is 22.0. The van der Waals surface area contributed by atoms with E-state index in [1.54, 1.807) is 6.20 Å². The molecule has 2 aromatic heterocycles. The molecular weight excluding hydrogens is 254 g/mol. The van der Waals surface area contributed by atoms with Gasteiger partial charge in [-0.2, -0.15) is 0 Å². The highest BCUT2D eigenvalue weighted by Gasteiger charge is 2.26. The smallest absolute Gasteiger partial charge is 0.291 e. The Hall–Kier alpha value is -2.17. The molecule has 1 fully saturated rings. The van der Waals surface area contributed by atoms with Gasteiger partial charge in [-0.3, -0.25) is 9.78 Å². The number of nitrogens with zero attached hydrogens (tertiary/aromatic N) is 3. The summed E-state index contributed by atoms with van der Waals surface area (Å²) in [5.74, 6) is 0.755. The van der Waals surface area contributed by atoms with Gasteiger partial charge in [0.05, 0.1) is 6.20 Å². The van der Waals surface area contributed by atoms with Crippen molar-refractivity contribution in [3.63, 3.8) is 0 Å². The third-order valence-corrected chi connectivity index (χ3v) is 3.70. The van der Waals surface area contributed by atoms with Gasteiger partial charge in [-0.05, 0) is 36.8 Å². The Labute approximate surface area is 117 Å². The van der Waals surface area contributed by atoms with Gasteiger partial charge in [0, 0.05) is 25.5 Å². The lowest BCUT2D eigenvalue weighted by Gasteiger charge is -2.32. The zero-order chi connectivity index (χ0) is 13.8. The van der Waals surface area contributed by atoms with E-state index in [0.29, 0.717) is 11.7 Å². The molecular formula is C15H17N3O2. The lowest BCUT2D eigenvalue weighted by molar-refractivity contribution is 0.0641. The average Bonchev–Trinajstić information content (AvgIpc) is 3.02. The third kappa shape index (κ3) is 2.87. The molecule has 0 aliphatic carbocycles. The summed E-state index contributed by atoms with van der Waals surface area (Å²) in [6.07, 6.45) is 9.60. The zero-order valence-electron chi connectivity index (χ0n) is 11.2. The second kappa shape index (κ2) is 5.86. The maximum Gasteiger partial charge on any atom is 0.291 e. The van der Waals surface area contributed by atoms with E-state index in [-0.39, 0.29) is 5.91 Å². The third-order valence-electron chi connectivity index (χ3n) is 3.70. The van der Waals surface area contributed by atoms with Crippen molar-refractivity contribution in [2.75, 3.05) is 13.1 Å². The fourth-order valence-corrected chi connectivity index (χ4v) is 2.75. The number of aromatic nitrogens is 2. The topological polar surface area (TPSA) is 59.2 Å². The molecule has 0 bridgehead atoms. The molecule has 1 aliphatic rings. The summed E-state index contributed by atoms with van der Waals surface area (Å²) in [5.41, 5.74) is 1.23. The fourth-order valence-electron chi connectivity index (χ4n) is 2.75. The molecule has 1 atom stereocenters. The molecule has 1 amide bonds. The van der Waals surface area contributed by atoms with E-state index in [0.717, 1.165) is 32.4 Å². The van der Waals surface area contributed by atoms with Crippen LogP contribution >= 0.6 is 0 Å². The highest BCUT2D eigenvalue weighted by Crippen LogP contribution is 2.21. The highest BCUT2D eigenvalue weighted by molar-refractivity contribution is 5.91. The summed E-state index contributed by atoms with van der Waals surface area (Å²) in [6, 6.07) is 4.04. The lowest BCUT2D eigenvalue weighted by atomic mass is 9.92. The molecule has 0 unspecified atom stereocenters. The van der Waals surface area contributed by atoms with Crippen LogP contribution in [0.15, 0.2) is 41.5 Å². The molecule has 2 aromatic rings. The van der Waals surface area contributed by atoms with E-state index in [1.807, 2.05) is 17.2 Å². The van der Waals surface area contributed by atoms with Crippen molar-refractivity contribution in [3.8, 4) is 0 Å². The van der Waals surface area contributed by atoms with Crippen LogP contribution in [0.5, 0.6) is 0 Å². The van der Waals surface area contributed by atoms with Crippen molar-refractivity contribution >= 4 is 5.91 Å². The Kier molecular flexibility index (Phi) is 3.76. The van der Waals surface area contributed by atoms with Crippen molar-refractivity contribution in [1.82, 2.24) is 14.9 Å². The predicted octanol–water partition coefficient (Wildman–Crippen LogP) is 2.16. The quantitative estimate of drug-likeness (QED) is 0.858. The van der Waals surface area contributed by atoms with Crippen LogP contribution in [0.25, 0.3) is 0 Å². The lowest BCUT2D eigenvalue weighted by Crippen LogP contribution is -2.40. The van der Waals surface area contributed by atoms with E-state index < -0.39 is 0 Å². The van der Waals surface area contributed by atoms with Crippen molar-refractivity contribution < 1.29 is 9.21 Å². The van der Waals surface area contributed by atoms with Gasteiger partial charge in [0.1, 0.15) is 0 Å². The first-order valence-corrected chi connectivity index (χ1v) is 6.89. The minimum atomic E-state index is -0.0570. The number of oxazole rings is 1. The first kappa shape index (κ1) is 12.8. The number of hydrogen-bond acceptors (Lipinski definition) is 4. The van der Waals surface area contributed by atoms with Gasteiger partial charge in [0.25, 0.3) is 5.91 Å². The molecule has 0 radical (unpaired) electrons. The first-order valence-electron chi connectivity index (χ1n) is 6.89. The van der Waals surface area contributed by atoms with E-state index in [2.05, 4.69) is 16.0 Å². The van der Waals surface area contributed by atoms with Crippen LogP contribution in [-0.4, -0.2) is 33.9 Å². The molecule has 1 aliphatic heterocycles. The Morgan fingerprint density at radius 1 is 1.40 bits per heavy atom. The summed E-state index contributed by atoms with van der Waals surface area (Å²) >= 11 is 0. The van der Waals surface area contributed by atoms with E-state index >= 15 is 0 Å². The van der Waals surface area contributed by atoms with Crippen LogP contribution in [-0.2, 0) is 6.42 Å². The molecule has 3 heterocycles. The van der Waals surface area contributed by atoms with E-state index in [4.69, 9.17) is 4.42 Å². The van der Waals surface area contributed by atoms with Crippen LogP contribution in [0, 0.1) is 5.92 Å². The standard InChI is InChI=1S/C15H17N3O2/c19-15(14-9-17-11-20-14)18-6-2-4-13(10-18)7-12-3-1-5-16-8-12/h1,3,5,8-9,11,13H,2,4,6-7,10H2/t13-/m0/s1. The second-order valence-corrected chi connectivity index (χ2v) is 5.19. The minimum Gasteiger partial charge on any atom is -0.438 e. The SMILES string of the molecule is O=C(c1cnco1)N1CCC[C@@H](Cc2cccnc2)C1. The number of carbonyl (C=O) groups excluding carboxylic acids is 1. The van der Waals surface area contributed by atoms with Gasteiger partial charge >= 0.3 is 0 Å². The molecule has 5 heteroatoms. The van der Waals surface area contributed by atoms with Crippen molar-refractivity contribution in [2.24, 2.45) is 5.92 Å². The number of amides is 1. The summed E-state index contributed by atoms with van der Waals surface area (Å²) in [7, 11) is 0. The van der Waals surface area contributed by atoms with Crippen molar-refractivity contribution in [1.29, 1.82) is 0 Å². The number of hydrogen-bond donors (Lipinski definition) is 0. The minimum absolute atomic E-state index is 0.0570. The number of rotatable bonds is 3. The van der Waals surface area contributed by atoms with Gasteiger partial charge < -0.3 is 9.32 Å². The maximum atomic E-state index is 12.2. The molecule has 0 aromatic carbocycles. The molecule has 0 N–H and O–H groups in total. The van der Waals surface area contributed by atoms with E-state index in [1.165, 1.54) is 18.2 Å². The molecule has 0 saturated carbocycles. The number of carbonyl (C=O) groups is 1. The van der Waals surface area contributed by atoms with Gasteiger partial charge in [0.15, 0.2) is 6.39 Å². The van der Waals surface area contributed by atoms with Crippen LogP contribution in [0.4, 0.5) is 0 Å². The first-order chi connectivity index (χ1) is 9.83. The van der Waals surface area contributed by atoms with Crippen LogP contribution in [0.3, 0.4) is 0 Å². The summed E-state index contributed by atoms with van der Waals surface area (Å²) < 4.78 is 5.09. The number of piperidine rings is 1. The van der Waals surface area contributed by atoms with Gasteiger partial charge in [-0.25, -0.2) is 4.98 Å². The maximum absolute atomic E-state index is 12.2. The normalized spacial score (nSPS) is 19.0.